The van der Waals surface area contributed by atoms with Gasteiger partial charge in [-0.25, -0.2) is 0 Å². The zero-order chi connectivity index (χ0) is 11.5. The lowest BCUT2D eigenvalue weighted by molar-refractivity contribution is -0.122. The molecule has 0 saturated carbocycles. The first-order chi connectivity index (χ1) is 7.72. The van der Waals surface area contributed by atoms with E-state index in [1.807, 2.05) is 25.1 Å². The third-order valence-corrected chi connectivity index (χ3v) is 3.94. The Hall–Kier alpha value is -1.00. The average molecular weight is 236 g/mol. The van der Waals surface area contributed by atoms with E-state index in [2.05, 4.69) is 11.4 Å². The summed E-state index contributed by atoms with van der Waals surface area (Å²) < 4.78 is 0. The number of carbonyl (C=O) groups is 1. The van der Waals surface area contributed by atoms with Crippen molar-refractivity contribution >= 4 is 17.7 Å². The molecule has 0 fully saturated rings. The van der Waals surface area contributed by atoms with E-state index in [-0.39, 0.29) is 17.9 Å². The fourth-order valence-electron chi connectivity index (χ4n) is 1.78. The molecule has 2 atom stereocenters. The van der Waals surface area contributed by atoms with Gasteiger partial charge in [-0.15, -0.1) is 11.8 Å². The minimum absolute atomic E-state index is 0.0183. The molecule has 3 N–H and O–H groups in total. The van der Waals surface area contributed by atoms with Gasteiger partial charge in [-0.1, -0.05) is 18.2 Å². The Morgan fingerprint density at radius 2 is 2.38 bits per heavy atom. The summed E-state index contributed by atoms with van der Waals surface area (Å²) in [5, 5.41) is 2.94. The molecular formula is C12H16N2OS. The van der Waals surface area contributed by atoms with E-state index < -0.39 is 0 Å². The summed E-state index contributed by atoms with van der Waals surface area (Å²) in [4.78, 5) is 13.2. The van der Waals surface area contributed by atoms with Gasteiger partial charge in [0.1, 0.15) is 0 Å². The fraction of sp³-hybridized carbons (Fsp3) is 0.417. The Kier molecular flexibility index (Phi) is 3.51. The van der Waals surface area contributed by atoms with E-state index >= 15 is 0 Å². The molecule has 2 rings (SSSR count). The maximum absolute atomic E-state index is 12.0. The van der Waals surface area contributed by atoms with Crippen LogP contribution in [0.25, 0.3) is 0 Å². The maximum Gasteiger partial charge on any atom is 0.228 e. The van der Waals surface area contributed by atoms with Gasteiger partial charge in [0.2, 0.25) is 5.91 Å². The Labute approximate surface area is 99.8 Å². The fourth-order valence-corrected chi connectivity index (χ4v) is 3.01. The van der Waals surface area contributed by atoms with Crippen LogP contribution in [-0.4, -0.2) is 24.2 Å². The lowest BCUT2D eigenvalue weighted by atomic mass is 10.0. The molecule has 16 heavy (non-hydrogen) atoms. The lowest BCUT2D eigenvalue weighted by Crippen LogP contribution is -2.40. The zero-order valence-electron chi connectivity index (χ0n) is 9.27. The molecule has 1 amide bonds. The van der Waals surface area contributed by atoms with Crippen LogP contribution in [0, 0.1) is 0 Å². The third-order valence-electron chi connectivity index (χ3n) is 2.76. The van der Waals surface area contributed by atoms with Crippen molar-refractivity contribution in [2.24, 2.45) is 5.73 Å². The van der Waals surface area contributed by atoms with Crippen molar-refractivity contribution in [3.05, 3.63) is 29.8 Å². The molecule has 3 nitrogen and oxygen atoms in total. The highest BCUT2D eigenvalue weighted by Crippen LogP contribution is 2.39. The van der Waals surface area contributed by atoms with Crippen molar-refractivity contribution in [1.82, 2.24) is 5.32 Å². The molecule has 1 aromatic rings. The molecule has 0 spiro atoms. The second-order valence-corrected chi connectivity index (χ2v) is 5.11. The van der Waals surface area contributed by atoms with Crippen molar-refractivity contribution in [2.75, 3.05) is 12.3 Å². The molecule has 1 heterocycles. The van der Waals surface area contributed by atoms with Crippen LogP contribution in [0.4, 0.5) is 0 Å². The van der Waals surface area contributed by atoms with Gasteiger partial charge >= 0.3 is 0 Å². The topological polar surface area (TPSA) is 55.1 Å². The number of fused-ring (bicyclic) bond motifs is 1. The summed E-state index contributed by atoms with van der Waals surface area (Å²) in [6.07, 6.45) is 0. The van der Waals surface area contributed by atoms with E-state index in [1.165, 1.54) is 4.90 Å². The number of thioether (sulfide) groups is 1. The number of hydrogen-bond acceptors (Lipinski definition) is 3. The number of benzene rings is 1. The first-order valence-corrected chi connectivity index (χ1v) is 6.43. The smallest absolute Gasteiger partial charge is 0.228 e. The number of rotatable bonds is 3. The number of hydrogen-bond donors (Lipinski definition) is 2. The Bertz CT molecular complexity index is 394. The molecule has 0 aromatic heterocycles. The van der Waals surface area contributed by atoms with E-state index in [0.717, 1.165) is 11.3 Å². The SMILES string of the molecule is CC(CN)NC(=O)C1CSc2ccccc21. The normalized spacial score (nSPS) is 20.2. The predicted molar refractivity (Wildman–Crippen MR) is 66.6 cm³/mol. The van der Waals surface area contributed by atoms with E-state index in [9.17, 15) is 4.79 Å². The highest BCUT2D eigenvalue weighted by molar-refractivity contribution is 7.99. The summed E-state index contributed by atoms with van der Waals surface area (Å²) in [5.41, 5.74) is 6.64. The minimum Gasteiger partial charge on any atom is -0.352 e. The van der Waals surface area contributed by atoms with Gasteiger partial charge < -0.3 is 11.1 Å². The van der Waals surface area contributed by atoms with Gasteiger partial charge in [-0.3, -0.25) is 4.79 Å². The average Bonchev–Trinajstić information content (AvgIpc) is 2.72. The molecule has 1 aliphatic heterocycles. The first-order valence-electron chi connectivity index (χ1n) is 5.44. The quantitative estimate of drug-likeness (QED) is 0.832. The number of amides is 1. The molecule has 0 bridgehead atoms. The van der Waals surface area contributed by atoms with Gasteiger partial charge in [0.05, 0.1) is 5.92 Å². The molecule has 4 heteroatoms. The third kappa shape index (κ3) is 2.23. The van der Waals surface area contributed by atoms with Crippen molar-refractivity contribution in [1.29, 1.82) is 0 Å². The summed E-state index contributed by atoms with van der Waals surface area (Å²) in [7, 11) is 0. The minimum atomic E-state index is -0.0183. The molecule has 1 aliphatic rings. The lowest BCUT2D eigenvalue weighted by Gasteiger charge is -2.15. The van der Waals surface area contributed by atoms with Gasteiger partial charge in [-0.05, 0) is 18.6 Å². The number of nitrogens with one attached hydrogen (secondary N) is 1. The zero-order valence-corrected chi connectivity index (χ0v) is 10.1. The van der Waals surface area contributed by atoms with Crippen LogP contribution < -0.4 is 11.1 Å². The van der Waals surface area contributed by atoms with Gasteiger partial charge in [0.15, 0.2) is 0 Å². The summed E-state index contributed by atoms with van der Waals surface area (Å²) in [6.45, 7) is 2.40. The van der Waals surface area contributed by atoms with Crippen molar-refractivity contribution in [3.63, 3.8) is 0 Å². The Morgan fingerprint density at radius 3 is 3.12 bits per heavy atom. The Morgan fingerprint density at radius 1 is 1.62 bits per heavy atom. The van der Waals surface area contributed by atoms with E-state index in [0.29, 0.717) is 6.54 Å². The summed E-state index contributed by atoms with van der Waals surface area (Å²) in [6, 6.07) is 8.14. The number of nitrogens with two attached hydrogens (primary N) is 1. The first kappa shape index (κ1) is 11.5. The van der Waals surface area contributed by atoms with Crippen LogP contribution in [0.5, 0.6) is 0 Å². The monoisotopic (exact) mass is 236 g/mol. The summed E-state index contributed by atoms with van der Waals surface area (Å²) in [5.74, 6) is 0.910. The van der Waals surface area contributed by atoms with Crippen molar-refractivity contribution in [2.45, 2.75) is 23.8 Å². The second kappa shape index (κ2) is 4.89. The predicted octanol–water partition coefficient (Wildman–Crippen LogP) is 1.34. The Balaban J connectivity index is 2.10. The van der Waals surface area contributed by atoms with Crippen LogP contribution in [0.3, 0.4) is 0 Å². The molecule has 1 aromatic carbocycles. The van der Waals surface area contributed by atoms with Crippen LogP contribution >= 0.6 is 11.8 Å². The van der Waals surface area contributed by atoms with Crippen molar-refractivity contribution in [3.8, 4) is 0 Å². The summed E-state index contributed by atoms with van der Waals surface area (Å²) >= 11 is 1.75. The van der Waals surface area contributed by atoms with Crippen LogP contribution in [0.15, 0.2) is 29.2 Å². The van der Waals surface area contributed by atoms with Gasteiger partial charge in [0, 0.05) is 23.2 Å². The highest BCUT2D eigenvalue weighted by atomic mass is 32.2. The maximum atomic E-state index is 12.0. The van der Waals surface area contributed by atoms with Crippen LogP contribution in [0.2, 0.25) is 0 Å². The molecule has 0 radical (unpaired) electrons. The van der Waals surface area contributed by atoms with Crippen molar-refractivity contribution < 1.29 is 4.79 Å². The molecule has 0 saturated heterocycles. The molecule has 86 valence electrons. The largest absolute Gasteiger partial charge is 0.352 e. The van der Waals surface area contributed by atoms with Crippen LogP contribution in [0.1, 0.15) is 18.4 Å². The highest BCUT2D eigenvalue weighted by Gasteiger charge is 2.29. The second-order valence-electron chi connectivity index (χ2n) is 4.05. The van der Waals surface area contributed by atoms with Crippen LogP contribution in [-0.2, 0) is 4.79 Å². The molecule has 2 unspecified atom stereocenters. The standard InChI is InChI=1S/C12H16N2OS/c1-8(6-13)14-12(15)10-7-16-11-5-3-2-4-9(10)11/h2-5,8,10H,6-7,13H2,1H3,(H,14,15). The van der Waals surface area contributed by atoms with E-state index in [4.69, 9.17) is 5.73 Å². The molecular weight excluding hydrogens is 220 g/mol. The molecule has 0 aliphatic carbocycles. The van der Waals surface area contributed by atoms with Gasteiger partial charge in [-0.2, -0.15) is 0 Å². The number of carbonyl (C=O) groups excluding carboxylic acids is 1. The van der Waals surface area contributed by atoms with Gasteiger partial charge in [0.25, 0.3) is 0 Å². The van der Waals surface area contributed by atoms with E-state index in [1.54, 1.807) is 11.8 Å².